The molecule has 0 atom stereocenters. The van der Waals surface area contributed by atoms with Crippen LogP contribution in [-0.4, -0.2) is 56.8 Å². The summed E-state index contributed by atoms with van der Waals surface area (Å²) in [7, 11) is -1.94. The second-order valence-electron chi connectivity index (χ2n) is 8.31. The van der Waals surface area contributed by atoms with Gasteiger partial charge in [-0.05, 0) is 37.3 Å². The van der Waals surface area contributed by atoms with E-state index in [4.69, 9.17) is 4.74 Å². The van der Waals surface area contributed by atoms with Crippen LogP contribution < -0.4 is 4.74 Å². The largest absolute Gasteiger partial charge is 0.492 e. The molecule has 1 fully saturated rings. The van der Waals surface area contributed by atoms with Crippen LogP contribution in [0.25, 0.3) is 0 Å². The average Bonchev–Trinajstić information content (AvgIpc) is 2.64. The van der Waals surface area contributed by atoms with E-state index in [0.717, 1.165) is 19.3 Å². The number of rotatable bonds is 3. The lowest BCUT2D eigenvalue weighted by molar-refractivity contribution is -0.134. The van der Waals surface area contributed by atoms with Crippen LogP contribution in [0.15, 0.2) is 29.2 Å². The summed E-state index contributed by atoms with van der Waals surface area (Å²) in [4.78, 5) is 14.6. The highest BCUT2D eigenvalue weighted by atomic mass is 32.2. The van der Waals surface area contributed by atoms with Crippen molar-refractivity contribution in [2.24, 2.45) is 11.3 Å². The van der Waals surface area contributed by atoms with Gasteiger partial charge in [0.1, 0.15) is 10.6 Å². The van der Waals surface area contributed by atoms with E-state index in [1.54, 1.807) is 31.3 Å². The average molecular weight is 395 g/mol. The smallest absolute Gasteiger partial charge is 0.246 e. The molecule has 1 aromatic carbocycles. The predicted molar refractivity (Wildman–Crippen MR) is 104 cm³/mol. The molecule has 1 saturated heterocycles. The molecule has 7 heteroatoms. The van der Waals surface area contributed by atoms with E-state index >= 15 is 0 Å². The Morgan fingerprint density at radius 1 is 1.22 bits per heavy atom. The monoisotopic (exact) mass is 394 g/mol. The van der Waals surface area contributed by atoms with Crippen molar-refractivity contribution < 1.29 is 17.9 Å². The topological polar surface area (TPSA) is 66.9 Å². The highest BCUT2D eigenvalue weighted by Gasteiger charge is 2.42. The molecule has 0 aliphatic carbocycles. The molecule has 2 aliphatic rings. The normalized spacial score (nSPS) is 22.0. The SMILES string of the molecule is CC(C)CCC(=O)N1CCC2(CC1)COc1ccccc1S(=O)(=O)N(C)C2. The molecule has 3 rings (SSSR count). The van der Waals surface area contributed by atoms with Crippen LogP contribution in [0.4, 0.5) is 0 Å². The van der Waals surface area contributed by atoms with Crippen molar-refractivity contribution in [1.82, 2.24) is 9.21 Å². The van der Waals surface area contributed by atoms with Gasteiger partial charge in [0.15, 0.2) is 0 Å². The lowest BCUT2D eigenvalue weighted by atomic mass is 9.78. The van der Waals surface area contributed by atoms with Crippen LogP contribution in [0.2, 0.25) is 0 Å². The minimum absolute atomic E-state index is 0.205. The van der Waals surface area contributed by atoms with Crippen molar-refractivity contribution in [3.8, 4) is 5.75 Å². The number of fused-ring (bicyclic) bond motifs is 1. The fourth-order valence-corrected chi connectivity index (χ4v) is 5.30. The Balaban J connectivity index is 1.73. The van der Waals surface area contributed by atoms with Crippen LogP contribution in [-0.2, 0) is 14.8 Å². The summed E-state index contributed by atoms with van der Waals surface area (Å²) in [5.74, 6) is 1.14. The quantitative estimate of drug-likeness (QED) is 0.791. The third-order valence-electron chi connectivity index (χ3n) is 5.74. The minimum Gasteiger partial charge on any atom is -0.492 e. The number of amides is 1. The van der Waals surface area contributed by atoms with Crippen molar-refractivity contribution in [2.75, 3.05) is 33.3 Å². The highest BCUT2D eigenvalue weighted by molar-refractivity contribution is 7.89. The van der Waals surface area contributed by atoms with Crippen molar-refractivity contribution in [3.05, 3.63) is 24.3 Å². The molecule has 1 spiro atoms. The molecule has 27 heavy (non-hydrogen) atoms. The van der Waals surface area contributed by atoms with Gasteiger partial charge >= 0.3 is 0 Å². The second-order valence-corrected chi connectivity index (χ2v) is 10.3. The zero-order chi connectivity index (χ0) is 19.7. The summed E-state index contributed by atoms with van der Waals surface area (Å²) in [5.41, 5.74) is -0.260. The number of carbonyl (C=O) groups excluding carboxylic acids is 1. The molecule has 0 aromatic heterocycles. The number of hydrogen-bond donors (Lipinski definition) is 0. The summed E-state index contributed by atoms with van der Waals surface area (Å²) >= 11 is 0. The fraction of sp³-hybridized carbons (Fsp3) is 0.650. The van der Waals surface area contributed by atoms with Crippen LogP contribution in [0.3, 0.4) is 0 Å². The first-order valence-corrected chi connectivity index (χ1v) is 11.1. The highest BCUT2D eigenvalue weighted by Crippen LogP contribution is 2.38. The molecule has 0 radical (unpaired) electrons. The zero-order valence-electron chi connectivity index (χ0n) is 16.5. The number of benzene rings is 1. The molecule has 0 unspecified atom stereocenters. The fourth-order valence-electron chi connectivity index (χ4n) is 3.89. The molecule has 0 saturated carbocycles. The third kappa shape index (κ3) is 4.29. The molecule has 1 amide bonds. The van der Waals surface area contributed by atoms with E-state index in [-0.39, 0.29) is 16.2 Å². The summed E-state index contributed by atoms with van der Waals surface area (Å²) in [5, 5.41) is 0. The van der Waals surface area contributed by atoms with E-state index in [1.807, 2.05) is 4.90 Å². The van der Waals surface area contributed by atoms with Crippen LogP contribution in [0, 0.1) is 11.3 Å². The summed E-state index contributed by atoms with van der Waals surface area (Å²) in [6, 6.07) is 6.81. The standard InChI is InChI=1S/C20H30N2O4S/c1-16(2)8-9-19(23)22-12-10-20(11-13-22)14-21(3)27(24,25)18-7-5-4-6-17(18)26-15-20/h4-7,16H,8-15H2,1-3H3. The predicted octanol–water partition coefficient (Wildman–Crippen LogP) is 2.74. The molecule has 2 heterocycles. The van der Waals surface area contributed by atoms with E-state index < -0.39 is 10.0 Å². The Morgan fingerprint density at radius 2 is 1.89 bits per heavy atom. The van der Waals surface area contributed by atoms with Gasteiger partial charge in [-0.25, -0.2) is 12.7 Å². The van der Waals surface area contributed by atoms with E-state index in [2.05, 4.69) is 13.8 Å². The van der Waals surface area contributed by atoms with Crippen molar-refractivity contribution >= 4 is 15.9 Å². The van der Waals surface area contributed by atoms with Gasteiger partial charge in [0.2, 0.25) is 15.9 Å². The first-order chi connectivity index (χ1) is 12.7. The Morgan fingerprint density at radius 3 is 2.56 bits per heavy atom. The number of para-hydroxylation sites is 1. The van der Waals surface area contributed by atoms with E-state index in [1.165, 1.54) is 4.31 Å². The molecule has 2 aliphatic heterocycles. The van der Waals surface area contributed by atoms with Gasteiger partial charge in [-0.15, -0.1) is 0 Å². The zero-order valence-corrected chi connectivity index (χ0v) is 17.3. The van der Waals surface area contributed by atoms with E-state index in [0.29, 0.717) is 44.3 Å². The molecular formula is C20H30N2O4S. The van der Waals surface area contributed by atoms with Crippen molar-refractivity contribution in [2.45, 2.75) is 44.4 Å². The van der Waals surface area contributed by atoms with Gasteiger partial charge < -0.3 is 9.64 Å². The molecule has 150 valence electrons. The third-order valence-corrected chi connectivity index (χ3v) is 7.58. The van der Waals surface area contributed by atoms with Gasteiger partial charge in [0, 0.05) is 38.5 Å². The van der Waals surface area contributed by atoms with E-state index in [9.17, 15) is 13.2 Å². The number of nitrogens with zero attached hydrogens (tertiary/aromatic N) is 2. The first-order valence-electron chi connectivity index (χ1n) is 9.69. The number of ether oxygens (including phenoxy) is 1. The number of piperidine rings is 1. The van der Waals surface area contributed by atoms with Gasteiger partial charge in [-0.2, -0.15) is 0 Å². The van der Waals surface area contributed by atoms with Crippen LogP contribution in [0.1, 0.15) is 39.5 Å². The van der Waals surface area contributed by atoms with Crippen LogP contribution >= 0.6 is 0 Å². The van der Waals surface area contributed by atoms with Crippen molar-refractivity contribution in [3.63, 3.8) is 0 Å². The molecule has 6 nitrogen and oxygen atoms in total. The summed E-state index contributed by atoms with van der Waals surface area (Å²) < 4.78 is 33.2. The van der Waals surface area contributed by atoms with Gasteiger partial charge in [-0.3, -0.25) is 4.79 Å². The van der Waals surface area contributed by atoms with Gasteiger partial charge in [0.05, 0.1) is 6.61 Å². The Kier molecular flexibility index (Phi) is 5.82. The number of likely N-dealkylation sites (tertiary alicyclic amines) is 1. The van der Waals surface area contributed by atoms with Crippen LogP contribution in [0.5, 0.6) is 5.75 Å². The lowest BCUT2D eigenvalue weighted by Gasteiger charge is -2.44. The molecule has 0 bridgehead atoms. The first kappa shape index (κ1) is 20.1. The van der Waals surface area contributed by atoms with Gasteiger partial charge in [-0.1, -0.05) is 26.0 Å². The Bertz CT molecular complexity index is 783. The van der Waals surface area contributed by atoms with Crippen molar-refractivity contribution in [1.29, 1.82) is 0 Å². The Hall–Kier alpha value is -1.60. The Labute approximate surface area is 162 Å². The number of carbonyl (C=O) groups is 1. The maximum absolute atomic E-state index is 12.9. The molecule has 0 N–H and O–H groups in total. The number of hydrogen-bond acceptors (Lipinski definition) is 4. The second kappa shape index (κ2) is 7.80. The maximum atomic E-state index is 12.9. The summed E-state index contributed by atoms with van der Waals surface area (Å²) in [6.45, 7) is 6.46. The van der Waals surface area contributed by atoms with Gasteiger partial charge in [0.25, 0.3) is 0 Å². The summed E-state index contributed by atoms with van der Waals surface area (Å²) in [6.07, 6.45) is 3.00. The number of sulfonamides is 1. The maximum Gasteiger partial charge on any atom is 0.246 e. The molecular weight excluding hydrogens is 364 g/mol. The minimum atomic E-state index is -3.58. The lowest BCUT2D eigenvalue weighted by Crippen LogP contribution is -2.51. The molecule has 1 aromatic rings.